The van der Waals surface area contributed by atoms with Crippen molar-refractivity contribution >= 4 is 11.9 Å². The van der Waals surface area contributed by atoms with E-state index in [0.717, 1.165) is 31.5 Å². The minimum atomic E-state index is -0.857. The Labute approximate surface area is 125 Å². The summed E-state index contributed by atoms with van der Waals surface area (Å²) in [6, 6.07) is 9.47. The van der Waals surface area contributed by atoms with E-state index in [4.69, 9.17) is 5.11 Å². The normalized spacial score (nSPS) is 17.5. The molecule has 1 aromatic rings. The van der Waals surface area contributed by atoms with Gasteiger partial charge < -0.3 is 10.0 Å². The summed E-state index contributed by atoms with van der Waals surface area (Å²) in [7, 11) is 0. The third-order valence-corrected chi connectivity index (χ3v) is 4.25. The van der Waals surface area contributed by atoms with Crippen molar-refractivity contribution in [2.45, 2.75) is 38.5 Å². The van der Waals surface area contributed by atoms with E-state index >= 15 is 0 Å². The second-order valence-electron chi connectivity index (χ2n) is 5.97. The molecule has 0 bridgehead atoms. The lowest BCUT2D eigenvalue weighted by Crippen LogP contribution is -2.38. The molecule has 2 rings (SSSR count). The maximum atomic E-state index is 12.4. The fraction of sp³-hybridized carbons (Fsp3) is 0.529. The van der Waals surface area contributed by atoms with Gasteiger partial charge in [-0.3, -0.25) is 9.59 Å². The molecule has 0 spiro atoms. The largest absolute Gasteiger partial charge is 0.481 e. The van der Waals surface area contributed by atoms with E-state index in [1.54, 1.807) is 0 Å². The third-order valence-electron chi connectivity index (χ3n) is 4.25. The molecule has 0 unspecified atom stereocenters. The summed E-state index contributed by atoms with van der Waals surface area (Å²) in [5.41, 5.74) is 0.929. The molecule has 1 aromatic carbocycles. The number of carbonyl (C=O) groups excluding carboxylic acids is 1. The highest BCUT2D eigenvalue weighted by Gasteiger charge is 2.25. The smallest absolute Gasteiger partial charge is 0.303 e. The number of carbonyl (C=O) groups is 2. The zero-order chi connectivity index (χ0) is 15.2. The topological polar surface area (TPSA) is 57.6 Å². The predicted octanol–water partition coefficient (Wildman–Crippen LogP) is 2.89. The van der Waals surface area contributed by atoms with Crippen molar-refractivity contribution in [3.8, 4) is 0 Å². The van der Waals surface area contributed by atoms with E-state index in [2.05, 4.69) is 6.92 Å². The van der Waals surface area contributed by atoms with E-state index in [1.807, 2.05) is 35.2 Å². The van der Waals surface area contributed by atoms with Gasteiger partial charge in [0.15, 0.2) is 0 Å². The highest BCUT2D eigenvalue weighted by atomic mass is 16.4. The van der Waals surface area contributed by atoms with Gasteiger partial charge in [0.25, 0.3) is 0 Å². The van der Waals surface area contributed by atoms with Crippen molar-refractivity contribution in [2.24, 2.45) is 5.92 Å². The number of carboxylic acid groups (broad SMARTS) is 1. The van der Waals surface area contributed by atoms with Gasteiger partial charge in [-0.25, -0.2) is 0 Å². The number of amides is 1. The van der Waals surface area contributed by atoms with Gasteiger partial charge >= 0.3 is 5.97 Å². The van der Waals surface area contributed by atoms with Crippen molar-refractivity contribution in [3.05, 3.63) is 35.9 Å². The molecule has 4 nitrogen and oxygen atoms in total. The lowest BCUT2D eigenvalue weighted by molar-refractivity contribution is -0.138. The third kappa shape index (κ3) is 4.59. The first-order valence-corrected chi connectivity index (χ1v) is 7.60. The number of piperidine rings is 1. The van der Waals surface area contributed by atoms with E-state index in [-0.39, 0.29) is 24.7 Å². The molecule has 1 amide bonds. The molecular formula is C17H23NO3. The fourth-order valence-corrected chi connectivity index (χ4v) is 2.84. The average molecular weight is 289 g/mol. The van der Waals surface area contributed by atoms with Gasteiger partial charge in [-0.05, 0) is 24.3 Å². The maximum absolute atomic E-state index is 12.4. The molecule has 0 aliphatic carbocycles. The zero-order valence-corrected chi connectivity index (χ0v) is 12.5. The minimum absolute atomic E-state index is 0.00000386. The summed E-state index contributed by atoms with van der Waals surface area (Å²) in [6.45, 7) is 3.81. The number of nitrogens with zero attached hydrogens (tertiary/aromatic N) is 1. The Morgan fingerprint density at radius 2 is 1.81 bits per heavy atom. The fourth-order valence-electron chi connectivity index (χ4n) is 2.84. The number of aliphatic carboxylic acids is 1. The Hall–Kier alpha value is -1.84. The monoisotopic (exact) mass is 289 g/mol. The Bertz CT molecular complexity index is 478. The van der Waals surface area contributed by atoms with E-state index < -0.39 is 5.97 Å². The molecule has 114 valence electrons. The second-order valence-corrected chi connectivity index (χ2v) is 5.97. The molecule has 0 saturated carbocycles. The van der Waals surface area contributed by atoms with Crippen LogP contribution in [0.5, 0.6) is 0 Å². The minimum Gasteiger partial charge on any atom is -0.481 e. The van der Waals surface area contributed by atoms with Crippen molar-refractivity contribution in [2.75, 3.05) is 13.1 Å². The lowest BCUT2D eigenvalue weighted by Gasteiger charge is -2.31. The number of rotatable bonds is 5. The van der Waals surface area contributed by atoms with Crippen LogP contribution in [-0.4, -0.2) is 35.0 Å². The maximum Gasteiger partial charge on any atom is 0.303 e. The van der Waals surface area contributed by atoms with Crippen LogP contribution in [0.1, 0.15) is 44.1 Å². The van der Waals surface area contributed by atoms with E-state index in [1.165, 1.54) is 0 Å². The number of hydrogen-bond acceptors (Lipinski definition) is 2. The Balaban J connectivity index is 2.01. The summed E-state index contributed by atoms with van der Waals surface area (Å²) in [6.07, 6.45) is 2.37. The van der Waals surface area contributed by atoms with Crippen molar-refractivity contribution in [1.29, 1.82) is 0 Å². The first-order valence-electron chi connectivity index (χ1n) is 7.60. The summed E-state index contributed by atoms with van der Waals surface area (Å²) >= 11 is 0. The van der Waals surface area contributed by atoms with Crippen LogP contribution in [0.25, 0.3) is 0 Å². The molecule has 0 aromatic heterocycles. The Kier molecular flexibility index (Phi) is 5.37. The van der Waals surface area contributed by atoms with Crippen LogP contribution in [0.2, 0.25) is 0 Å². The number of hydrogen-bond donors (Lipinski definition) is 1. The number of benzene rings is 1. The molecule has 1 heterocycles. The first kappa shape index (κ1) is 15.5. The molecular weight excluding hydrogens is 266 g/mol. The summed E-state index contributed by atoms with van der Waals surface area (Å²) < 4.78 is 0. The van der Waals surface area contributed by atoms with Gasteiger partial charge in [0.1, 0.15) is 0 Å². The number of likely N-dealkylation sites (tertiary alicyclic amines) is 1. The lowest BCUT2D eigenvalue weighted by atomic mass is 9.91. The van der Waals surface area contributed by atoms with E-state index in [9.17, 15) is 9.59 Å². The molecule has 1 atom stereocenters. The summed E-state index contributed by atoms with van der Waals surface area (Å²) in [4.78, 5) is 25.3. The van der Waals surface area contributed by atoms with Gasteiger partial charge in [-0.15, -0.1) is 0 Å². The average Bonchev–Trinajstić information content (AvgIpc) is 2.47. The van der Waals surface area contributed by atoms with Gasteiger partial charge in [0.05, 0.1) is 6.42 Å². The summed E-state index contributed by atoms with van der Waals surface area (Å²) in [5.74, 6) is -0.338. The van der Waals surface area contributed by atoms with Crippen LogP contribution in [0.15, 0.2) is 30.3 Å². The molecule has 4 heteroatoms. The van der Waals surface area contributed by atoms with Crippen LogP contribution in [0.4, 0.5) is 0 Å². The van der Waals surface area contributed by atoms with Crippen LogP contribution in [-0.2, 0) is 9.59 Å². The standard InChI is InChI=1S/C17H23NO3/c1-13-7-9-18(10-8-13)16(19)11-15(12-17(20)21)14-5-3-2-4-6-14/h2-6,13,15H,7-12H2,1H3,(H,20,21)/t15-/m1/s1. The highest BCUT2D eigenvalue weighted by molar-refractivity contribution is 5.78. The van der Waals surface area contributed by atoms with Gasteiger partial charge in [-0.1, -0.05) is 37.3 Å². The van der Waals surface area contributed by atoms with Crippen LogP contribution < -0.4 is 0 Å². The molecule has 1 N–H and O–H groups in total. The predicted molar refractivity (Wildman–Crippen MR) is 81.0 cm³/mol. The van der Waals surface area contributed by atoms with Gasteiger partial charge in [0, 0.05) is 25.4 Å². The van der Waals surface area contributed by atoms with E-state index in [0.29, 0.717) is 5.92 Å². The quantitative estimate of drug-likeness (QED) is 0.906. The molecule has 1 aliphatic heterocycles. The van der Waals surface area contributed by atoms with Crippen LogP contribution in [0.3, 0.4) is 0 Å². The SMILES string of the molecule is CC1CCN(C(=O)C[C@H](CC(=O)O)c2ccccc2)CC1. The molecule has 1 fully saturated rings. The highest BCUT2D eigenvalue weighted by Crippen LogP contribution is 2.26. The molecule has 21 heavy (non-hydrogen) atoms. The van der Waals surface area contributed by atoms with Gasteiger partial charge in [-0.2, -0.15) is 0 Å². The van der Waals surface area contributed by atoms with Crippen LogP contribution in [0, 0.1) is 5.92 Å². The molecule has 1 saturated heterocycles. The van der Waals surface area contributed by atoms with Crippen molar-refractivity contribution in [3.63, 3.8) is 0 Å². The number of carboxylic acids is 1. The summed E-state index contributed by atoms with van der Waals surface area (Å²) in [5, 5.41) is 9.08. The van der Waals surface area contributed by atoms with Gasteiger partial charge in [0.2, 0.25) is 5.91 Å². The molecule has 1 aliphatic rings. The van der Waals surface area contributed by atoms with Crippen molar-refractivity contribution in [1.82, 2.24) is 4.90 Å². The Morgan fingerprint density at radius 1 is 1.19 bits per heavy atom. The molecule has 0 radical (unpaired) electrons. The van der Waals surface area contributed by atoms with Crippen LogP contribution >= 0.6 is 0 Å². The van der Waals surface area contributed by atoms with Crippen molar-refractivity contribution < 1.29 is 14.7 Å². The zero-order valence-electron chi connectivity index (χ0n) is 12.5. The second kappa shape index (κ2) is 7.25. The Morgan fingerprint density at radius 3 is 2.38 bits per heavy atom. The first-order chi connectivity index (χ1) is 10.1.